The lowest BCUT2D eigenvalue weighted by molar-refractivity contribution is 0.165. The van der Waals surface area contributed by atoms with Crippen LogP contribution in [0.1, 0.15) is 45.4 Å². The molecule has 2 aliphatic rings. The van der Waals surface area contributed by atoms with E-state index in [0.29, 0.717) is 6.04 Å². The molecule has 0 aromatic rings. The molecule has 0 aromatic carbocycles. The number of nitrogens with one attached hydrogen (secondary N) is 1. The molecule has 0 amide bonds. The Balaban J connectivity index is 1.85. The maximum Gasteiger partial charge on any atom is 0.0680 e. The summed E-state index contributed by atoms with van der Waals surface area (Å²) in [6, 6.07) is 1.30. The highest BCUT2D eigenvalue weighted by Crippen LogP contribution is 2.20. The van der Waals surface area contributed by atoms with Crippen molar-refractivity contribution in [3.8, 4) is 0 Å². The Hall–Kier alpha value is -0.120. The summed E-state index contributed by atoms with van der Waals surface area (Å²) >= 11 is 0. The van der Waals surface area contributed by atoms with E-state index in [1.54, 1.807) is 0 Å². The Bertz CT molecular complexity index is 210. The average Bonchev–Trinajstić information content (AvgIpc) is 2.56. The second-order valence-corrected chi connectivity index (χ2v) is 5.40. The van der Waals surface area contributed by atoms with E-state index in [1.807, 2.05) is 0 Å². The van der Waals surface area contributed by atoms with E-state index in [-0.39, 0.29) is 6.10 Å². The summed E-state index contributed by atoms with van der Waals surface area (Å²) in [5, 5.41) is 13.0. The van der Waals surface area contributed by atoms with Crippen molar-refractivity contribution in [2.45, 2.75) is 63.6 Å². The lowest BCUT2D eigenvalue weighted by Crippen LogP contribution is -2.43. The van der Waals surface area contributed by atoms with Gasteiger partial charge in [0, 0.05) is 25.2 Å². The number of nitrogens with zero attached hydrogens (tertiary/aromatic N) is 1. The number of likely N-dealkylation sites (tertiary alicyclic amines) is 1. The highest BCUT2D eigenvalue weighted by atomic mass is 16.3. The van der Waals surface area contributed by atoms with E-state index in [0.717, 1.165) is 25.6 Å². The topological polar surface area (TPSA) is 35.5 Å². The van der Waals surface area contributed by atoms with Crippen molar-refractivity contribution in [3.63, 3.8) is 0 Å². The lowest BCUT2D eigenvalue weighted by atomic mass is 10.1. The summed E-state index contributed by atoms with van der Waals surface area (Å²) < 4.78 is 0. The molecule has 2 fully saturated rings. The molecule has 2 rings (SSSR count). The van der Waals surface area contributed by atoms with Gasteiger partial charge in [-0.1, -0.05) is 19.8 Å². The van der Waals surface area contributed by atoms with Crippen LogP contribution in [0.4, 0.5) is 0 Å². The maximum absolute atomic E-state index is 9.53. The van der Waals surface area contributed by atoms with Gasteiger partial charge >= 0.3 is 0 Å². The summed E-state index contributed by atoms with van der Waals surface area (Å²) in [4.78, 5) is 2.66. The lowest BCUT2D eigenvalue weighted by Gasteiger charge is -2.31. The molecular weight excluding hydrogens is 200 g/mol. The highest BCUT2D eigenvalue weighted by molar-refractivity contribution is 4.86. The number of aliphatic hydroxyl groups is 1. The van der Waals surface area contributed by atoms with Gasteiger partial charge in [0.1, 0.15) is 0 Å². The van der Waals surface area contributed by atoms with Crippen molar-refractivity contribution in [1.82, 2.24) is 10.2 Å². The molecule has 0 aliphatic carbocycles. The molecule has 2 N–H and O–H groups in total. The number of rotatable bonds is 3. The molecule has 0 saturated carbocycles. The quantitative estimate of drug-likeness (QED) is 0.763. The van der Waals surface area contributed by atoms with Crippen molar-refractivity contribution in [3.05, 3.63) is 0 Å². The van der Waals surface area contributed by atoms with Crippen LogP contribution in [-0.2, 0) is 0 Å². The van der Waals surface area contributed by atoms with Crippen molar-refractivity contribution in [2.24, 2.45) is 0 Å². The van der Waals surface area contributed by atoms with Gasteiger partial charge in [-0.2, -0.15) is 0 Å². The standard InChI is InChI=1S/C13H26N2O/c1-2-12-6-4-3-5-7-15(12)10-11-8-13(16)9-14-11/h11-14,16H,2-10H2,1H3. The normalized spacial score (nSPS) is 37.5. The van der Waals surface area contributed by atoms with Crippen LogP contribution in [0.2, 0.25) is 0 Å². The van der Waals surface area contributed by atoms with Crippen LogP contribution in [-0.4, -0.2) is 47.8 Å². The first-order valence-corrected chi connectivity index (χ1v) is 6.95. The van der Waals surface area contributed by atoms with E-state index in [9.17, 15) is 5.11 Å². The van der Waals surface area contributed by atoms with Gasteiger partial charge in [0.2, 0.25) is 0 Å². The summed E-state index contributed by atoms with van der Waals surface area (Å²) in [5.41, 5.74) is 0. The molecule has 3 nitrogen and oxygen atoms in total. The van der Waals surface area contributed by atoms with Crippen LogP contribution in [0, 0.1) is 0 Å². The fourth-order valence-corrected chi connectivity index (χ4v) is 3.16. The number of aliphatic hydroxyl groups excluding tert-OH is 1. The Kier molecular flexibility index (Phi) is 4.62. The zero-order valence-electron chi connectivity index (χ0n) is 10.5. The van der Waals surface area contributed by atoms with Crippen LogP contribution in [0.15, 0.2) is 0 Å². The Morgan fingerprint density at radius 2 is 2.19 bits per heavy atom. The van der Waals surface area contributed by atoms with Gasteiger partial charge in [0.05, 0.1) is 6.10 Å². The minimum atomic E-state index is -0.114. The van der Waals surface area contributed by atoms with Gasteiger partial charge in [0.15, 0.2) is 0 Å². The fraction of sp³-hybridized carbons (Fsp3) is 1.00. The molecular formula is C13H26N2O. The molecule has 0 spiro atoms. The molecule has 3 unspecified atom stereocenters. The minimum absolute atomic E-state index is 0.114. The molecule has 0 radical (unpaired) electrons. The van der Waals surface area contributed by atoms with Crippen LogP contribution in [0.3, 0.4) is 0 Å². The average molecular weight is 226 g/mol. The largest absolute Gasteiger partial charge is 0.392 e. The van der Waals surface area contributed by atoms with Gasteiger partial charge < -0.3 is 10.4 Å². The SMILES string of the molecule is CCC1CCCCCN1CC1CC(O)CN1. The third-order valence-electron chi connectivity index (χ3n) is 4.12. The zero-order chi connectivity index (χ0) is 11.4. The van der Waals surface area contributed by atoms with Gasteiger partial charge in [0.25, 0.3) is 0 Å². The first-order valence-electron chi connectivity index (χ1n) is 6.95. The number of hydrogen-bond acceptors (Lipinski definition) is 3. The van der Waals surface area contributed by atoms with Crippen molar-refractivity contribution >= 4 is 0 Å². The second-order valence-electron chi connectivity index (χ2n) is 5.40. The smallest absolute Gasteiger partial charge is 0.0680 e. The van der Waals surface area contributed by atoms with E-state index in [2.05, 4.69) is 17.1 Å². The molecule has 2 saturated heterocycles. The van der Waals surface area contributed by atoms with E-state index in [4.69, 9.17) is 0 Å². The van der Waals surface area contributed by atoms with E-state index in [1.165, 1.54) is 38.6 Å². The molecule has 16 heavy (non-hydrogen) atoms. The molecule has 0 aromatic heterocycles. The van der Waals surface area contributed by atoms with Crippen LogP contribution in [0.5, 0.6) is 0 Å². The van der Waals surface area contributed by atoms with Gasteiger partial charge in [-0.15, -0.1) is 0 Å². The first-order chi connectivity index (χ1) is 7.79. The number of hydrogen-bond donors (Lipinski definition) is 2. The monoisotopic (exact) mass is 226 g/mol. The number of β-amino-alcohol motifs (C(OH)–C–C–N with tert-alkyl or cyclic N) is 1. The highest BCUT2D eigenvalue weighted by Gasteiger charge is 2.27. The third kappa shape index (κ3) is 3.19. The fourth-order valence-electron chi connectivity index (χ4n) is 3.16. The van der Waals surface area contributed by atoms with Crippen molar-refractivity contribution < 1.29 is 5.11 Å². The van der Waals surface area contributed by atoms with Gasteiger partial charge in [-0.3, -0.25) is 4.90 Å². The summed E-state index contributed by atoms with van der Waals surface area (Å²) in [5.74, 6) is 0. The van der Waals surface area contributed by atoms with Gasteiger partial charge in [-0.25, -0.2) is 0 Å². The first kappa shape index (κ1) is 12.3. The van der Waals surface area contributed by atoms with Crippen molar-refractivity contribution in [2.75, 3.05) is 19.6 Å². The van der Waals surface area contributed by atoms with Crippen LogP contribution >= 0.6 is 0 Å². The predicted molar refractivity (Wildman–Crippen MR) is 66.5 cm³/mol. The minimum Gasteiger partial charge on any atom is -0.392 e. The predicted octanol–water partition coefficient (Wildman–Crippen LogP) is 1.36. The molecule has 2 heterocycles. The molecule has 3 atom stereocenters. The zero-order valence-corrected chi connectivity index (χ0v) is 10.5. The molecule has 3 heteroatoms. The van der Waals surface area contributed by atoms with E-state index >= 15 is 0 Å². The van der Waals surface area contributed by atoms with Gasteiger partial charge in [-0.05, 0) is 32.2 Å². The molecule has 2 aliphatic heterocycles. The van der Waals surface area contributed by atoms with Crippen molar-refractivity contribution in [1.29, 1.82) is 0 Å². The Morgan fingerprint density at radius 3 is 2.88 bits per heavy atom. The van der Waals surface area contributed by atoms with E-state index < -0.39 is 0 Å². The maximum atomic E-state index is 9.53. The second kappa shape index (κ2) is 5.99. The summed E-state index contributed by atoms with van der Waals surface area (Å²) in [7, 11) is 0. The Labute approximate surface area is 99.2 Å². The van der Waals surface area contributed by atoms with Crippen LogP contribution < -0.4 is 5.32 Å². The molecule has 0 bridgehead atoms. The molecule has 94 valence electrons. The Morgan fingerprint density at radius 1 is 1.31 bits per heavy atom. The summed E-state index contributed by atoms with van der Waals surface area (Å²) in [6.07, 6.45) is 7.61. The summed E-state index contributed by atoms with van der Waals surface area (Å²) in [6.45, 7) is 5.48. The van der Waals surface area contributed by atoms with Crippen LogP contribution in [0.25, 0.3) is 0 Å². The third-order valence-corrected chi connectivity index (χ3v) is 4.12.